The lowest BCUT2D eigenvalue weighted by molar-refractivity contribution is 0.0958. The number of carbonyl (C=O) groups is 1. The van der Waals surface area contributed by atoms with Crippen LogP contribution in [-0.4, -0.2) is 5.91 Å². The van der Waals surface area contributed by atoms with Crippen molar-refractivity contribution in [1.82, 2.24) is 5.43 Å². The SMILES string of the molecule is O=C(NNc1cccc(Cl)c1)c1ccccc1OCc1ccc(F)cc1. The van der Waals surface area contributed by atoms with Crippen molar-refractivity contribution in [2.24, 2.45) is 0 Å². The van der Waals surface area contributed by atoms with Crippen molar-refractivity contribution in [3.8, 4) is 5.75 Å². The van der Waals surface area contributed by atoms with Crippen LogP contribution < -0.4 is 15.6 Å². The predicted octanol–water partition coefficient (Wildman–Crippen LogP) is 4.82. The fourth-order valence-corrected chi connectivity index (χ4v) is 2.47. The van der Waals surface area contributed by atoms with E-state index in [2.05, 4.69) is 10.9 Å². The highest BCUT2D eigenvalue weighted by molar-refractivity contribution is 6.30. The number of ether oxygens (including phenoxy) is 1. The number of hydrazine groups is 1. The highest BCUT2D eigenvalue weighted by atomic mass is 35.5. The van der Waals surface area contributed by atoms with Crippen molar-refractivity contribution in [3.05, 3.63) is 94.8 Å². The minimum Gasteiger partial charge on any atom is -0.488 e. The quantitative estimate of drug-likeness (QED) is 0.612. The Kier molecular flexibility index (Phi) is 5.71. The third-order valence-electron chi connectivity index (χ3n) is 3.58. The van der Waals surface area contributed by atoms with Gasteiger partial charge in [-0.05, 0) is 48.0 Å². The Morgan fingerprint density at radius 1 is 1.00 bits per heavy atom. The van der Waals surface area contributed by atoms with E-state index in [1.54, 1.807) is 60.7 Å². The first-order chi connectivity index (χ1) is 12.6. The molecule has 0 aromatic heterocycles. The topological polar surface area (TPSA) is 50.4 Å². The minimum absolute atomic E-state index is 0.228. The lowest BCUT2D eigenvalue weighted by Gasteiger charge is -2.13. The molecule has 0 fully saturated rings. The summed E-state index contributed by atoms with van der Waals surface area (Å²) in [5.41, 5.74) is 7.27. The molecule has 4 nitrogen and oxygen atoms in total. The van der Waals surface area contributed by atoms with Gasteiger partial charge in [0, 0.05) is 5.02 Å². The summed E-state index contributed by atoms with van der Waals surface area (Å²) < 4.78 is 18.7. The van der Waals surface area contributed by atoms with E-state index in [-0.39, 0.29) is 18.3 Å². The molecule has 3 aromatic rings. The van der Waals surface area contributed by atoms with Crippen LogP contribution in [0.2, 0.25) is 5.02 Å². The molecule has 0 aliphatic carbocycles. The molecule has 1 amide bonds. The van der Waals surface area contributed by atoms with E-state index in [1.165, 1.54) is 12.1 Å². The zero-order valence-electron chi connectivity index (χ0n) is 13.7. The molecule has 0 radical (unpaired) electrons. The summed E-state index contributed by atoms with van der Waals surface area (Å²) in [7, 11) is 0. The van der Waals surface area contributed by atoms with E-state index in [4.69, 9.17) is 16.3 Å². The number of nitrogens with one attached hydrogen (secondary N) is 2. The summed E-state index contributed by atoms with van der Waals surface area (Å²) in [6, 6.07) is 19.9. The molecule has 3 aromatic carbocycles. The number of hydrogen-bond acceptors (Lipinski definition) is 3. The smallest absolute Gasteiger partial charge is 0.273 e. The van der Waals surface area contributed by atoms with Gasteiger partial charge in [0.1, 0.15) is 18.2 Å². The summed E-state index contributed by atoms with van der Waals surface area (Å²) in [6.07, 6.45) is 0. The fourth-order valence-electron chi connectivity index (χ4n) is 2.28. The molecule has 0 heterocycles. The predicted molar refractivity (Wildman–Crippen MR) is 99.7 cm³/mol. The highest BCUT2D eigenvalue weighted by Gasteiger charge is 2.12. The molecule has 2 N–H and O–H groups in total. The monoisotopic (exact) mass is 370 g/mol. The van der Waals surface area contributed by atoms with Crippen LogP contribution in [0.1, 0.15) is 15.9 Å². The molecule has 132 valence electrons. The Labute approximate surface area is 155 Å². The van der Waals surface area contributed by atoms with Crippen LogP contribution in [-0.2, 0) is 6.61 Å². The van der Waals surface area contributed by atoms with Crippen LogP contribution in [0.4, 0.5) is 10.1 Å². The maximum atomic E-state index is 13.0. The first-order valence-corrected chi connectivity index (χ1v) is 8.28. The summed E-state index contributed by atoms with van der Waals surface area (Å²) in [4.78, 5) is 12.4. The van der Waals surface area contributed by atoms with E-state index in [0.29, 0.717) is 22.0 Å². The van der Waals surface area contributed by atoms with Gasteiger partial charge < -0.3 is 4.74 Å². The van der Waals surface area contributed by atoms with Gasteiger partial charge in [0.25, 0.3) is 5.91 Å². The maximum absolute atomic E-state index is 13.0. The molecule has 0 saturated heterocycles. The third kappa shape index (κ3) is 4.74. The third-order valence-corrected chi connectivity index (χ3v) is 3.82. The van der Waals surface area contributed by atoms with Crippen LogP contribution in [0, 0.1) is 5.82 Å². The molecule has 0 spiro atoms. The van der Waals surface area contributed by atoms with Crippen LogP contribution in [0.25, 0.3) is 0 Å². The number of hydrogen-bond donors (Lipinski definition) is 2. The molecule has 26 heavy (non-hydrogen) atoms. The molecule has 6 heteroatoms. The maximum Gasteiger partial charge on any atom is 0.273 e. The number of para-hydroxylation sites is 1. The van der Waals surface area contributed by atoms with Crippen molar-refractivity contribution >= 4 is 23.2 Å². The second-order valence-electron chi connectivity index (χ2n) is 5.50. The molecule has 0 aliphatic rings. The Morgan fingerprint density at radius 2 is 1.77 bits per heavy atom. The fraction of sp³-hybridized carbons (Fsp3) is 0.0500. The van der Waals surface area contributed by atoms with Crippen LogP contribution >= 0.6 is 11.6 Å². The van der Waals surface area contributed by atoms with Crippen LogP contribution in [0.5, 0.6) is 5.75 Å². The first-order valence-electron chi connectivity index (χ1n) is 7.90. The number of rotatable bonds is 6. The Balaban J connectivity index is 1.65. The van der Waals surface area contributed by atoms with Crippen molar-refractivity contribution in [1.29, 1.82) is 0 Å². The lowest BCUT2D eigenvalue weighted by Crippen LogP contribution is -2.29. The molecule has 0 saturated carbocycles. The first kappa shape index (κ1) is 17.8. The highest BCUT2D eigenvalue weighted by Crippen LogP contribution is 2.20. The van der Waals surface area contributed by atoms with Gasteiger partial charge in [-0.3, -0.25) is 15.6 Å². The summed E-state index contributed by atoms with van der Waals surface area (Å²) >= 11 is 5.92. The van der Waals surface area contributed by atoms with Gasteiger partial charge in [-0.25, -0.2) is 4.39 Å². The van der Waals surface area contributed by atoms with Gasteiger partial charge in [-0.15, -0.1) is 0 Å². The second-order valence-corrected chi connectivity index (χ2v) is 5.94. The summed E-state index contributed by atoms with van der Waals surface area (Å²) in [5, 5.41) is 0.562. The number of anilines is 1. The normalized spacial score (nSPS) is 10.2. The van der Waals surface area contributed by atoms with E-state index < -0.39 is 0 Å². The van der Waals surface area contributed by atoms with Crippen LogP contribution in [0.3, 0.4) is 0 Å². The largest absolute Gasteiger partial charge is 0.488 e. The Hall–Kier alpha value is -3.05. The number of carbonyl (C=O) groups excluding carboxylic acids is 1. The molecular formula is C20H16ClFN2O2. The van der Waals surface area contributed by atoms with Gasteiger partial charge in [0.05, 0.1) is 11.3 Å². The molecule has 0 atom stereocenters. The molecule has 3 rings (SSSR count). The Bertz CT molecular complexity index is 900. The van der Waals surface area contributed by atoms with Crippen molar-refractivity contribution in [2.75, 3.05) is 5.43 Å². The summed E-state index contributed by atoms with van der Waals surface area (Å²) in [5.74, 6) is -0.220. The van der Waals surface area contributed by atoms with E-state index in [0.717, 1.165) is 5.56 Å². The van der Waals surface area contributed by atoms with E-state index in [9.17, 15) is 9.18 Å². The van der Waals surface area contributed by atoms with Crippen LogP contribution in [0.15, 0.2) is 72.8 Å². The van der Waals surface area contributed by atoms with E-state index >= 15 is 0 Å². The molecule has 0 unspecified atom stereocenters. The second kappa shape index (κ2) is 8.36. The minimum atomic E-state index is -0.348. The standard InChI is InChI=1S/C20H16ClFN2O2/c21-15-4-3-5-17(12-15)23-24-20(25)18-6-1-2-7-19(18)26-13-14-8-10-16(22)11-9-14/h1-12,23H,13H2,(H,24,25). The Morgan fingerprint density at radius 3 is 2.54 bits per heavy atom. The van der Waals surface area contributed by atoms with Gasteiger partial charge in [-0.2, -0.15) is 0 Å². The van der Waals surface area contributed by atoms with Gasteiger partial charge in [0.15, 0.2) is 0 Å². The van der Waals surface area contributed by atoms with Crippen molar-refractivity contribution in [2.45, 2.75) is 6.61 Å². The molecule has 0 aliphatic heterocycles. The zero-order valence-corrected chi connectivity index (χ0v) is 14.5. The van der Waals surface area contributed by atoms with Crippen molar-refractivity contribution < 1.29 is 13.9 Å². The lowest BCUT2D eigenvalue weighted by atomic mass is 10.2. The van der Waals surface area contributed by atoms with Gasteiger partial charge in [0.2, 0.25) is 0 Å². The van der Waals surface area contributed by atoms with E-state index in [1.807, 2.05) is 0 Å². The number of benzene rings is 3. The summed E-state index contributed by atoms with van der Waals surface area (Å²) in [6.45, 7) is 0.228. The van der Waals surface area contributed by atoms with Gasteiger partial charge in [-0.1, -0.05) is 41.9 Å². The van der Waals surface area contributed by atoms with Gasteiger partial charge >= 0.3 is 0 Å². The molecule has 0 bridgehead atoms. The average molecular weight is 371 g/mol. The number of amides is 1. The zero-order chi connectivity index (χ0) is 18.4. The molecular weight excluding hydrogens is 355 g/mol. The number of halogens is 2. The average Bonchev–Trinajstić information content (AvgIpc) is 2.66. The van der Waals surface area contributed by atoms with Crippen molar-refractivity contribution in [3.63, 3.8) is 0 Å².